The molecule has 0 fully saturated rings. The summed E-state index contributed by atoms with van der Waals surface area (Å²) < 4.78 is 16.5. The summed E-state index contributed by atoms with van der Waals surface area (Å²) in [5.74, 6) is 1.81. The molecule has 0 radical (unpaired) electrons. The average molecular weight is 275 g/mol. The molecule has 4 nitrogen and oxygen atoms in total. The van der Waals surface area contributed by atoms with Gasteiger partial charge in [0, 0.05) is 6.54 Å². The molecule has 1 atom stereocenters. The van der Waals surface area contributed by atoms with Crippen LogP contribution in [-0.4, -0.2) is 25.9 Å². The Morgan fingerprint density at radius 2 is 1.95 bits per heavy atom. The Morgan fingerprint density at radius 3 is 2.70 bits per heavy atom. The van der Waals surface area contributed by atoms with Gasteiger partial charge in [-0.25, -0.2) is 0 Å². The first kappa shape index (κ1) is 14.6. The number of hydrogen-bond acceptors (Lipinski definition) is 4. The van der Waals surface area contributed by atoms with Crippen LogP contribution in [0.3, 0.4) is 0 Å². The first-order valence-electron chi connectivity index (χ1n) is 6.87. The minimum absolute atomic E-state index is 0.143. The van der Waals surface area contributed by atoms with Gasteiger partial charge in [-0.2, -0.15) is 0 Å². The second kappa shape index (κ2) is 8.40. The Balaban J connectivity index is 1.51. The van der Waals surface area contributed by atoms with Gasteiger partial charge in [-0.15, -0.1) is 0 Å². The molecular formula is C16H21NO3. The van der Waals surface area contributed by atoms with Crippen LogP contribution in [0.15, 0.2) is 53.1 Å². The lowest BCUT2D eigenvalue weighted by Gasteiger charge is -2.14. The predicted octanol–water partition coefficient (Wildman–Crippen LogP) is 2.85. The van der Waals surface area contributed by atoms with Crippen molar-refractivity contribution in [3.05, 3.63) is 54.5 Å². The van der Waals surface area contributed by atoms with E-state index in [1.807, 2.05) is 49.4 Å². The standard InChI is InChI=1S/C16H21NO3/c1-14(12-17-13-16-8-5-9-19-16)18-10-11-20-15-6-3-2-4-7-15/h2-9,14,17H,10-13H2,1H3. The Bertz CT molecular complexity index is 456. The van der Waals surface area contributed by atoms with Gasteiger partial charge >= 0.3 is 0 Å². The molecule has 0 aliphatic rings. The van der Waals surface area contributed by atoms with Crippen molar-refractivity contribution >= 4 is 0 Å². The molecule has 2 aromatic rings. The third-order valence-corrected chi connectivity index (χ3v) is 2.81. The highest BCUT2D eigenvalue weighted by molar-refractivity contribution is 5.20. The van der Waals surface area contributed by atoms with E-state index in [4.69, 9.17) is 13.9 Å². The van der Waals surface area contributed by atoms with E-state index in [0.717, 1.165) is 24.6 Å². The van der Waals surface area contributed by atoms with Gasteiger partial charge in [0.25, 0.3) is 0 Å². The van der Waals surface area contributed by atoms with Crippen LogP contribution >= 0.6 is 0 Å². The summed E-state index contributed by atoms with van der Waals surface area (Å²) in [5, 5.41) is 3.29. The van der Waals surface area contributed by atoms with Gasteiger partial charge < -0.3 is 19.2 Å². The number of ether oxygens (including phenoxy) is 2. The van der Waals surface area contributed by atoms with Crippen LogP contribution in [-0.2, 0) is 11.3 Å². The fourth-order valence-electron chi connectivity index (χ4n) is 1.80. The quantitative estimate of drug-likeness (QED) is 0.715. The van der Waals surface area contributed by atoms with Gasteiger partial charge in [-0.3, -0.25) is 0 Å². The molecule has 1 aromatic heterocycles. The van der Waals surface area contributed by atoms with Crippen molar-refractivity contribution in [2.24, 2.45) is 0 Å². The van der Waals surface area contributed by atoms with E-state index in [-0.39, 0.29) is 6.10 Å². The molecule has 0 saturated heterocycles. The fourth-order valence-corrected chi connectivity index (χ4v) is 1.80. The molecule has 0 amide bonds. The third-order valence-electron chi connectivity index (χ3n) is 2.81. The van der Waals surface area contributed by atoms with Gasteiger partial charge in [-0.1, -0.05) is 18.2 Å². The summed E-state index contributed by atoms with van der Waals surface area (Å²) in [6.07, 6.45) is 1.82. The zero-order valence-corrected chi connectivity index (χ0v) is 11.7. The largest absolute Gasteiger partial charge is 0.491 e. The van der Waals surface area contributed by atoms with E-state index in [0.29, 0.717) is 13.2 Å². The van der Waals surface area contributed by atoms with Crippen LogP contribution in [0.2, 0.25) is 0 Å². The molecule has 0 bridgehead atoms. The van der Waals surface area contributed by atoms with Crippen molar-refractivity contribution in [2.45, 2.75) is 19.6 Å². The Kier molecular flexibility index (Phi) is 6.14. The van der Waals surface area contributed by atoms with E-state index < -0.39 is 0 Å². The lowest BCUT2D eigenvalue weighted by molar-refractivity contribution is 0.0444. The maximum absolute atomic E-state index is 5.67. The van der Waals surface area contributed by atoms with Crippen LogP contribution < -0.4 is 10.1 Å². The van der Waals surface area contributed by atoms with Gasteiger partial charge in [0.15, 0.2) is 0 Å². The van der Waals surface area contributed by atoms with Gasteiger partial charge in [0.05, 0.1) is 25.5 Å². The molecule has 20 heavy (non-hydrogen) atoms. The van der Waals surface area contributed by atoms with Crippen molar-refractivity contribution in [3.8, 4) is 5.75 Å². The number of benzene rings is 1. The van der Waals surface area contributed by atoms with Gasteiger partial charge in [0.1, 0.15) is 18.1 Å². The average Bonchev–Trinajstić information content (AvgIpc) is 2.98. The lowest BCUT2D eigenvalue weighted by Crippen LogP contribution is -2.27. The number of furan rings is 1. The lowest BCUT2D eigenvalue weighted by atomic mass is 10.3. The molecule has 0 aliphatic carbocycles. The van der Waals surface area contributed by atoms with Crippen LogP contribution in [0.1, 0.15) is 12.7 Å². The van der Waals surface area contributed by atoms with Crippen LogP contribution in [0.4, 0.5) is 0 Å². The molecule has 108 valence electrons. The predicted molar refractivity (Wildman–Crippen MR) is 77.8 cm³/mol. The monoisotopic (exact) mass is 275 g/mol. The first-order chi connectivity index (χ1) is 9.84. The van der Waals surface area contributed by atoms with Crippen LogP contribution in [0.25, 0.3) is 0 Å². The van der Waals surface area contributed by atoms with E-state index in [2.05, 4.69) is 5.32 Å². The Labute approximate surface area is 119 Å². The zero-order chi connectivity index (χ0) is 14.0. The van der Waals surface area contributed by atoms with Crippen molar-refractivity contribution in [2.75, 3.05) is 19.8 Å². The number of para-hydroxylation sites is 1. The number of nitrogens with one attached hydrogen (secondary N) is 1. The van der Waals surface area contributed by atoms with E-state index in [9.17, 15) is 0 Å². The molecule has 1 heterocycles. The molecular weight excluding hydrogens is 254 g/mol. The third kappa shape index (κ3) is 5.47. The van der Waals surface area contributed by atoms with E-state index in [1.165, 1.54) is 0 Å². The second-order valence-electron chi connectivity index (χ2n) is 4.55. The summed E-state index contributed by atoms with van der Waals surface area (Å²) in [5.41, 5.74) is 0. The van der Waals surface area contributed by atoms with Crippen molar-refractivity contribution < 1.29 is 13.9 Å². The molecule has 0 saturated carbocycles. The minimum Gasteiger partial charge on any atom is -0.491 e. The molecule has 1 aromatic carbocycles. The molecule has 1 unspecified atom stereocenters. The smallest absolute Gasteiger partial charge is 0.119 e. The summed E-state index contributed by atoms with van der Waals surface area (Å²) in [6.45, 7) is 4.69. The van der Waals surface area contributed by atoms with Crippen molar-refractivity contribution in [3.63, 3.8) is 0 Å². The minimum atomic E-state index is 0.143. The topological polar surface area (TPSA) is 43.6 Å². The van der Waals surface area contributed by atoms with E-state index in [1.54, 1.807) is 6.26 Å². The molecule has 4 heteroatoms. The normalized spacial score (nSPS) is 12.2. The maximum Gasteiger partial charge on any atom is 0.119 e. The fraction of sp³-hybridized carbons (Fsp3) is 0.375. The number of hydrogen-bond donors (Lipinski definition) is 1. The highest BCUT2D eigenvalue weighted by Gasteiger charge is 2.02. The molecule has 0 spiro atoms. The van der Waals surface area contributed by atoms with Crippen molar-refractivity contribution in [1.29, 1.82) is 0 Å². The van der Waals surface area contributed by atoms with Gasteiger partial charge in [0.2, 0.25) is 0 Å². The molecule has 0 aliphatic heterocycles. The summed E-state index contributed by atoms with van der Waals surface area (Å²) in [7, 11) is 0. The highest BCUT2D eigenvalue weighted by atomic mass is 16.5. The Hall–Kier alpha value is -1.78. The number of rotatable bonds is 9. The molecule has 2 rings (SSSR count). The van der Waals surface area contributed by atoms with Crippen LogP contribution in [0, 0.1) is 0 Å². The summed E-state index contributed by atoms with van der Waals surface area (Å²) in [6, 6.07) is 13.6. The summed E-state index contributed by atoms with van der Waals surface area (Å²) in [4.78, 5) is 0. The maximum atomic E-state index is 5.67. The highest BCUT2D eigenvalue weighted by Crippen LogP contribution is 2.07. The second-order valence-corrected chi connectivity index (χ2v) is 4.55. The van der Waals surface area contributed by atoms with Gasteiger partial charge in [-0.05, 0) is 31.2 Å². The first-order valence-corrected chi connectivity index (χ1v) is 6.87. The van der Waals surface area contributed by atoms with Crippen molar-refractivity contribution in [1.82, 2.24) is 5.32 Å². The van der Waals surface area contributed by atoms with E-state index >= 15 is 0 Å². The Morgan fingerprint density at radius 1 is 1.10 bits per heavy atom. The molecule has 1 N–H and O–H groups in total. The SMILES string of the molecule is CC(CNCc1ccco1)OCCOc1ccccc1. The summed E-state index contributed by atoms with van der Waals surface area (Å²) >= 11 is 0. The zero-order valence-electron chi connectivity index (χ0n) is 11.7. The van der Waals surface area contributed by atoms with Crippen LogP contribution in [0.5, 0.6) is 5.75 Å².